The van der Waals surface area contributed by atoms with Crippen molar-refractivity contribution in [3.63, 3.8) is 0 Å². The summed E-state index contributed by atoms with van der Waals surface area (Å²) in [5, 5.41) is 8.07. The van der Waals surface area contributed by atoms with Crippen LogP contribution in [0.5, 0.6) is 0 Å². The smallest absolute Gasteiger partial charge is 0.349 e. The van der Waals surface area contributed by atoms with Crippen molar-refractivity contribution >= 4 is 39.1 Å². The molecule has 1 N–H and O–H groups in total. The number of esters is 1. The molecule has 1 unspecified atom stereocenters. The van der Waals surface area contributed by atoms with Crippen LogP contribution in [0.15, 0.2) is 66.7 Å². The van der Waals surface area contributed by atoms with E-state index in [4.69, 9.17) is 4.74 Å². The molecule has 4 aromatic rings. The first-order chi connectivity index (χ1) is 14.0. The standard InChI is InChI=1S/C22H19N3O3S/c1-14-17-13-18(29-21(17)25(2)24-14)22(27)28-19(15-9-5-3-6-10-15)20(26)23-16-11-7-4-8-12-16/h3-13,19H,1-2H3,(H,23,26). The summed E-state index contributed by atoms with van der Waals surface area (Å²) in [7, 11) is 1.83. The van der Waals surface area contributed by atoms with Crippen LogP contribution in [0.4, 0.5) is 5.69 Å². The topological polar surface area (TPSA) is 73.2 Å². The van der Waals surface area contributed by atoms with Gasteiger partial charge in [0.05, 0.1) is 5.69 Å². The summed E-state index contributed by atoms with van der Waals surface area (Å²) >= 11 is 1.30. The highest BCUT2D eigenvalue weighted by Crippen LogP contribution is 2.30. The van der Waals surface area contributed by atoms with E-state index in [2.05, 4.69) is 10.4 Å². The van der Waals surface area contributed by atoms with Crippen LogP contribution in [0.25, 0.3) is 10.2 Å². The largest absolute Gasteiger partial charge is 0.443 e. The van der Waals surface area contributed by atoms with Crippen molar-refractivity contribution in [1.82, 2.24) is 9.78 Å². The number of benzene rings is 2. The Bertz CT molecular complexity index is 1130. The lowest BCUT2D eigenvalue weighted by Gasteiger charge is -2.17. The summed E-state index contributed by atoms with van der Waals surface area (Å²) in [6.07, 6.45) is -1.06. The number of ether oxygens (including phenoxy) is 1. The van der Waals surface area contributed by atoms with Crippen molar-refractivity contribution < 1.29 is 14.3 Å². The number of hydrogen-bond acceptors (Lipinski definition) is 5. The predicted octanol–water partition coefficient (Wildman–Crippen LogP) is 4.48. The van der Waals surface area contributed by atoms with Gasteiger partial charge in [0.1, 0.15) is 9.71 Å². The summed E-state index contributed by atoms with van der Waals surface area (Å²) in [6, 6.07) is 19.8. The number of fused-ring (bicyclic) bond motifs is 1. The molecular weight excluding hydrogens is 386 g/mol. The van der Waals surface area contributed by atoms with Crippen molar-refractivity contribution in [2.24, 2.45) is 7.05 Å². The number of nitrogens with one attached hydrogen (secondary N) is 1. The molecule has 1 atom stereocenters. The Hall–Kier alpha value is -3.45. The molecule has 7 heteroatoms. The molecule has 0 radical (unpaired) electrons. The Kier molecular flexibility index (Phi) is 5.14. The fourth-order valence-electron chi connectivity index (χ4n) is 3.10. The van der Waals surface area contributed by atoms with Crippen LogP contribution in [-0.4, -0.2) is 21.7 Å². The molecule has 0 fully saturated rings. The molecule has 29 heavy (non-hydrogen) atoms. The van der Waals surface area contributed by atoms with Gasteiger partial charge < -0.3 is 10.1 Å². The predicted molar refractivity (Wildman–Crippen MR) is 113 cm³/mol. The minimum atomic E-state index is -1.06. The third-order valence-corrected chi connectivity index (χ3v) is 5.69. The lowest BCUT2D eigenvalue weighted by atomic mass is 10.1. The first-order valence-corrected chi connectivity index (χ1v) is 9.89. The Morgan fingerprint density at radius 3 is 2.38 bits per heavy atom. The monoisotopic (exact) mass is 405 g/mol. The summed E-state index contributed by atoms with van der Waals surface area (Å²) in [4.78, 5) is 27.1. The summed E-state index contributed by atoms with van der Waals surface area (Å²) in [5.74, 6) is -0.947. The second-order valence-electron chi connectivity index (χ2n) is 6.59. The number of carbonyl (C=O) groups excluding carboxylic acids is 2. The average molecular weight is 405 g/mol. The quantitative estimate of drug-likeness (QED) is 0.497. The van der Waals surface area contributed by atoms with Gasteiger partial charge in [0, 0.05) is 23.7 Å². The molecule has 2 aromatic carbocycles. The molecule has 0 aliphatic carbocycles. The Morgan fingerprint density at radius 1 is 1.07 bits per heavy atom. The van der Waals surface area contributed by atoms with E-state index in [1.807, 2.05) is 38.2 Å². The highest BCUT2D eigenvalue weighted by molar-refractivity contribution is 7.20. The molecule has 0 aliphatic rings. The Morgan fingerprint density at radius 2 is 1.72 bits per heavy atom. The van der Waals surface area contributed by atoms with Crippen molar-refractivity contribution in [3.05, 3.63) is 82.9 Å². The fraction of sp³-hybridized carbons (Fsp3) is 0.136. The number of carbonyl (C=O) groups is 2. The van der Waals surface area contributed by atoms with E-state index in [0.29, 0.717) is 16.1 Å². The van der Waals surface area contributed by atoms with Crippen molar-refractivity contribution in [3.8, 4) is 0 Å². The summed E-state index contributed by atoms with van der Waals surface area (Å²) in [6.45, 7) is 1.89. The third kappa shape index (κ3) is 3.90. The molecule has 0 bridgehead atoms. The molecule has 0 saturated carbocycles. The molecule has 1 amide bonds. The van der Waals surface area contributed by atoms with Crippen LogP contribution in [0.2, 0.25) is 0 Å². The number of hydrogen-bond donors (Lipinski definition) is 1. The molecule has 2 heterocycles. The van der Waals surface area contributed by atoms with Gasteiger partial charge in [-0.2, -0.15) is 5.10 Å². The van der Waals surface area contributed by atoms with Crippen LogP contribution in [0, 0.1) is 6.92 Å². The second kappa shape index (κ2) is 7.89. The first-order valence-electron chi connectivity index (χ1n) is 9.08. The lowest BCUT2D eigenvalue weighted by molar-refractivity contribution is -0.125. The number of aryl methyl sites for hydroxylation is 2. The van der Waals surface area contributed by atoms with Gasteiger partial charge in [-0.1, -0.05) is 48.5 Å². The molecule has 0 saturated heterocycles. The van der Waals surface area contributed by atoms with Gasteiger partial charge in [0.2, 0.25) is 6.10 Å². The van der Waals surface area contributed by atoms with Gasteiger partial charge in [-0.15, -0.1) is 11.3 Å². The van der Waals surface area contributed by atoms with E-state index < -0.39 is 18.0 Å². The summed E-state index contributed by atoms with van der Waals surface area (Å²) in [5.41, 5.74) is 2.09. The number of thiophene rings is 1. The maximum absolute atomic E-state index is 12.9. The van der Waals surface area contributed by atoms with Crippen LogP contribution < -0.4 is 5.32 Å². The normalized spacial score (nSPS) is 11.9. The van der Waals surface area contributed by atoms with Crippen LogP contribution >= 0.6 is 11.3 Å². The number of para-hydroxylation sites is 1. The second-order valence-corrected chi connectivity index (χ2v) is 7.62. The SMILES string of the molecule is Cc1nn(C)c2sc(C(=O)OC(C(=O)Nc3ccccc3)c3ccccc3)cc12. The van der Waals surface area contributed by atoms with Crippen molar-refractivity contribution in [1.29, 1.82) is 0 Å². The molecule has 0 aliphatic heterocycles. The van der Waals surface area contributed by atoms with Gasteiger partial charge >= 0.3 is 5.97 Å². The van der Waals surface area contributed by atoms with E-state index in [1.54, 1.807) is 47.1 Å². The van der Waals surface area contributed by atoms with Crippen LogP contribution in [0.1, 0.15) is 27.0 Å². The highest BCUT2D eigenvalue weighted by Gasteiger charge is 2.27. The lowest BCUT2D eigenvalue weighted by Crippen LogP contribution is -2.25. The Balaban J connectivity index is 1.61. The molecular formula is C22H19N3O3S. The fourth-order valence-corrected chi connectivity index (χ4v) is 4.11. The van der Waals surface area contributed by atoms with E-state index in [1.165, 1.54) is 11.3 Å². The van der Waals surface area contributed by atoms with E-state index in [-0.39, 0.29) is 0 Å². The minimum Gasteiger partial charge on any atom is -0.443 e. The average Bonchev–Trinajstić information content (AvgIpc) is 3.29. The first kappa shape index (κ1) is 18.9. The van der Waals surface area contributed by atoms with Crippen LogP contribution in [0.3, 0.4) is 0 Å². The number of anilines is 1. The zero-order valence-electron chi connectivity index (χ0n) is 16.0. The maximum atomic E-state index is 12.9. The molecule has 6 nitrogen and oxygen atoms in total. The van der Waals surface area contributed by atoms with Gasteiger partial charge in [-0.05, 0) is 25.1 Å². The van der Waals surface area contributed by atoms with Gasteiger partial charge in [-0.3, -0.25) is 9.48 Å². The summed E-state index contributed by atoms with van der Waals surface area (Å²) < 4.78 is 7.40. The van der Waals surface area contributed by atoms with Crippen molar-refractivity contribution in [2.45, 2.75) is 13.0 Å². The minimum absolute atomic E-state index is 0.408. The van der Waals surface area contributed by atoms with E-state index in [9.17, 15) is 9.59 Å². The van der Waals surface area contributed by atoms with Crippen molar-refractivity contribution in [2.75, 3.05) is 5.32 Å². The molecule has 4 rings (SSSR count). The van der Waals surface area contributed by atoms with Gasteiger partial charge in [0.15, 0.2) is 0 Å². The van der Waals surface area contributed by atoms with Gasteiger partial charge in [0.25, 0.3) is 5.91 Å². The molecule has 146 valence electrons. The number of amides is 1. The zero-order valence-corrected chi connectivity index (χ0v) is 16.8. The zero-order chi connectivity index (χ0) is 20.4. The number of nitrogens with zero attached hydrogens (tertiary/aromatic N) is 2. The van der Waals surface area contributed by atoms with Crippen LogP contribution in [-0.2, 0) is 16.6 Å². The maximum Gasteiger partial charge on any atom is 0.349 e. The number of rotatable bonds is 5. The molecule has 2 aromatic heterocycles. The van der Waals surface area contributed by atoms with Gasteiger partial charge in [-0.25, -0.2) is 4.79 Å². The number of aromatic nitrogens is 2. The van der Waals surface area contributed by atoms with E-state index in [0.717, 1.165) is 15.9 Å². The Labute approximate surface area is 171 Å². The van der Waals surface area contributed by atoms with E-state index >= 15 is 0 Å². The highest BCUT2D eigenvalue weighted by atomic mass is 32.1. The molecule has 0 spiro atoms. The third-order valence-electron chi connectivity index (χ3n) is 4.50.